The molecule has 2 N–H and O–H groups in total. The van der Waals surface area contributed by atoms with Crippen LogP contribution in [0.3, 0.4) is 0 Å². The Morgan fingerprint density at radius 1 is 1.32 bits per heavy atom. The SMILES string of the molecule is CCn1c(=O)[nH]c(=O)c2c(C(=O)Nc3cc(Cl)ccc3C)cc(C3CC3)nc21. The predicted octanol–water partition coefficient (Wildman–Crippen LogP) is 3.20. The Balaban J connectivity index is 1.92. The Morgan fingerprint density at radius 3 is 2.75 bits per heavy atom. The summed E-state index contributed by atoms with van der Waals surface area (Å²) in [6, 6.07) is 6.87. The summed E-state index contributed by atoms with van der Waals surface area (Å²) >= 11 is 6.04. The van der Waals surface area contributed by atoms with Gasteiger partial charge in [0, 0.05) is 28.9 Å². The molecule has 0 saturated heterocycles. The maximum atomic E-state index is 13.1. The zero-order chi connectivity index (χ0) is 20.0. The first-order valence-electron chi connectivity index (χ1n) is 9.14. The zero-order valence-electron chi connectivity index (χ0n) is 15.5. The van der Waals surface area contributed by atoms with Gasteiger partial charge in [0.1, 0.15) is 0 Å². The van der Waals surface area contributed by atoms with Crippen LogP contribution in [0.4, 0.5) is 5.69 Å². The van der Waals surface area contributed by atoms with Gasteiger partial charge in [0.2, 0.25) is 0 Å². The smallest absolute Gasteiger partial charge is 0.322 e. The molecule has 4 rings (SSSR count). The molecule has 2 aromatic heterocycles. The molecule has 1 fully saturated rings. The van der Waals surface area contributed by atoms with Crippen molar-refractivity contribution in [2.75, 3.05) is 5.32 Å². The molecule has 1 aliphatic carbocycles. The van der Waals surface area contributed by atoms with Crippen molar-refractivity contribution in [2.45, 2.75) is 39.2 Å². The molecule has 28 heavy (non-hydrogen) atoms. The van der Waals surface area contributed by atoms with Crippen LogP contribution in [0, 0.1) is 6.92 Å². The number of amides is 1. The van der Waals surface area contributed by atoms with Crippen LogP contribution in [0.1, 0.15) is 47.3 Å². The summed E-state index contributed by atoms with van der Waals surface area (Å²) in [6.07, 6.45) is 1.96. The van der Waals surface area contributed by atoms with E-state index in [-0.39, 0.29) is 22.5 Å². The van der Waals surface area contributed by atoms with Gasteiger partial charge < -0.3 is 5.32 Å². The summed E-state index contributed by atoms with van der Waals surface area (Å²) in [4.78, 5) is 44.7. The molecule has 1 aliphatic rings. The van der Waals surface area contributed by atoms with E-state index in [0.717, 1.165) is 24.1 Å². The lowest BCUT2D eigenvalue weighted by atomic mass is 10.1. The van der Waals surface area contributed by atoms with Crippen molar-refractivity contribution in [1.29, 1.82) is 0 Å². The molecular formula is C20H19ClN4O3. The summed E-state index contributed by atoms with van der Waals surface area (Å²) < 4.78 is 1.38. The molecule has 1 aromatic carbocycles. The summed E-state index contributed by atoms with van der Waals surface area (Å²) in [5.41, 5.74) is 1.44. The van der Waals surface area contributed by atoms with Gasteiger partial charge in [-0.05, 0) is 50.5 Å². The van der Waals surface area contributed by atoms with E-state index in [9.17, 15) is 14.4 Å². The summed E-state index contributed by atoms with van der Waals surface area (Å²) in [6.45, 7) is 3.98. The highest BCUT2D eigenvalue weighted by Gasteiger charge is 2.28. The lowest BCUT2D eigenvalue weighted by Gasteiger charge is -2.13. The van der Waals surface area contributed by atoms with Gasteiger partial charge in [0.05, 0.1) is 10.9 Å². The molecule has 7 nitrogen and oxygen atoms in total. The largest absolute Gasteiger partial charge is 0.329 e. The van der Waals surface area contributed by atoms with E-state index in [0.29, 0.717) is 17.3 Å². The molecule has 1 amide bonds. The average Bonchev–Trinajstić information content (AvgIpc) is 3.49. The molecule has 1 saturated carbocycles. The first kappa shape index (κ1) is 18.4. The van der Waals surface area contributed by atoms with Crippen molar-refractivity contribution < 1.29 is 4.79 Å². The Kier molecular flexibility index (Phi) is 4.55. The van der Waals surface area contributed by atoms with Crippen LogP contribution in [0.25, 0.3) is 11.0 Å². The number of H-pyrrole nitrogens is 1. The second-order valence-corrected chi connectivity index (χ2v) is 7.42. The zero-order valence-corrected chi connectivity index (χ0v) is 16.3. The molecule has 8 heteroatoms. The molecule has 0 bridgehead atoms. The number of halogens is 1. The minimum Gasteiger partial charge on any atom is -0.322 e. The summed E-state index contributed by atoms with van der Waals surface area (Å²) in [5, 5.41) is 3.44. The van der Waals surface area contributed by atoms with E-state index < -0.39 is 17.2 Å². The van der Waals surface area contributed by atoms with Gasteiger partial charge in [-0.25, -0.2) is 9.78 Å². The number of fused-ring (bicyclic) bond motifs is 1. The molecule has 0 radical (unpaired) electrons. The molecule has 0 atom stereocenters. The molecule has 3 aromatic rings. The fourth-order valence-electron chi connectivity index (χ4n) is 3.27. The van der Waals surface area contributed by atoms with Crippen molar-refractivity contribution >= 4 is 34.2 Å². The number of aromatic nitrogens is 3. The number of nitrogens with zero attached hydrogens (tertiary/aromatic N) is 2. The number of carbonyl (C=O) groups is 1. The highest BCUT2D eigenvalue weighted by molar-refractivity contribution is 6.31. The van der Waals surface area contributed by atoms with Crippen LogP contribution >= 0.6 is 11.6 Å². The third-order valence-electron chi connectivity index (χ3n) is 4.97. The van der Waals surface area contributed by atoms with E-state index in [1.54, 1.807) is 31.2 Å². The van der Waals surface area contributed by atoms with Crippen LogP contribution < -0.4 is 16.6 Å². The van der Waals surface area contributed by atoms with Gasteiger partial charge >= 0.3 is 5.69 Å². The third-order valence-corrected chi connectivity index (χ3v) is 5.21. The Morgan fingerprint density at radius 2 is 2.07 bits per heavy atom. The summed E-state index contributed by atoms with van der Waals surface area (Å²) in [5.74, 6) is -0.185. The monoisotopic (exact) mass is 398 g/mol. The quantitative estimate of drug-likeness (QED) is 0.705. The van der Waals surface area contributed by atoms with Crippen molar-refractivity contribution in [2.24, 2.45) is 0 Å². The fourth-order valence-corrected chi connectivity index (χ4v) is 3.44. The number of aromatic amines is 1. The number of hydrogen-bond acceptors (Lipinski definition) is 4. The lowest BCUT2D eigenvalue weighted by Crippen LogP contribution is -2.32. The van der Waals surface area contributed by atoms with Crippen molar-refractivity contribution in [3.63, 3.8) is 0 Å². The fraction of sp³-hybridized carbons (Fsp3) is 0.300. The number of benzene rings is 1. The van der Waals surface area contributed by atoms with E-state index in [4.69, 9.17) is 11.6 Å². The van der Waals surface area contributed by atoms with Gasteiger partial charge in [-0.3, -0.25) is 19.1 Å². The average molecular weight is 399 g/mol. The van der Waals surface area contributed by atoms with E-state index in [1.807, 2.05) is 6.92 Å². The van der Waals surface area contributed by atoms with Gasteiger partial charge in [-0.1, -0.05) is 17.7 Å². The number of rotatable bonds is 4. The highest BCUT2D eigenvalue weighted by Crippen LogP contribution is 2.40. The van der Waals surface area contributed by atoms with Crippen LogP contribution in [0.15, 0.2) is 33.9 Å². The lowest BCUT2D eigenvalue weighted by molar-refractivity contribution is 0.102. The first-order valence-corrected chi connectivity index (χ1v) is 9.52. The first-order chi connectivity index (χ1) is 13.4. The maximum Gasteiger partial charge on any atom is 0.329 e. The molecule has 144 valence electrons. The standard InChI is InChI=1S/C20H19ClN4O3/c1-3-25-17-16(19(27)24-20(25)28)13(9-15(22-17)11-5-6-11)18(26)23-14-8-12(21)7-4-10(14)2/h4,7-9,11H,3,5-6H2,1-2H3,(H,23,26)(H,24,27,28). The second-order valence-electron chi connectivity index (χ2n) is 6.98. The van der Waals surface area contributed by atoms with Crippen molar-refractivity contribution in [3.8, 4) is 0 Å². The van der Waals surface area contributed by atoms with Crippen molar-refractivity contribution in [3.05, 3.63) is 66.9 Å². The number of carbonyl (C=O) groups excluding carboxylic acids is 1. The minimum atomic E-state index is -0.618. The van der Waals surface area contributed by atoms with Crippen LogP contribution in [-0.4, -0.2) is 20.4 Å². The second kappa shape index (κ2) is 6.91. The number of pyridine rings is 1. The van der Waals surface area contributed by atoms with Gasteiger partial charge in [0.15, 0.2) is 5.65 Å². The number of anilines is 1. The third kappa shape index (κ3) is 3.22. The van der Waals surface area contributed by atoms with Gasteiger partial charge in [0.25, 0.3) is 11.5 Å². The normalized spacial score (nSPS) is 13.7. The number of nitrogens with one attached hydrogen (secondary N) is 2. The van der Waals surface area contributed by atoms with E-state index in [2.05, 4.69) is 15.3 Å². The maximum absolute atomic E-state index is 13.1. The Hall–Kier alpha value is -2.93. The molecule has 0 spiro atoms. The van der Waals surface area contributed by atoms with Crippen LogP contribution in [0.2, 0.25) is 5.02 Å². The van der Waals surface area contributed by atoms with E-state index in [1.165, 1.54) is 4.57 Å². The molecule has 0 aliphatic heterocycles. The Bertz CT molecular complexity index is 1220. The Labute approximate surface area is 165 Å². The minimum absolute atomic E-state index is 0.114. The molecule has 0 unspecified atom stereocenters. The van der Waals surface area contributed by atoms with Gasteiger partial charge in [-0.15, -0.1) is 0 Å². The van der Waals surface area contributed by atoms with Gasteiger partial charge in [-0.2, -0.15) is 0 Å². The van der Waals surface area contributed by atoms with Crippen molar-refractivity contribution in [1.82, 2.24) is 14.5 Å². The molecular weight excluding hydrogens is 380 g/mol. The highest BCUT2D eigenvalue weighted by atomic mass is 35.5. The summed E-state index contributed by atoms with van der Waals surface area (Å²) in [7, 11) is 0. The molecule has 2 heterocycles. The van der Waals surface area contributed by atoms with E-state index >= 15 is 0 Å². The van der Waals surface area contributed by atoms with Crippen LogP contribution in [-0.2, 0) is 6.54 Å². The number of aryl methyl sites for hydroxylation is 2. The predicted molar refractivity (Wildman–Crippen MR) is 108 cm³/mol. The topological polar surface area (TPSA) is 96.9 Å². The number of hydrogen-bond donors (Lipinski definition) is 2. The van der Waals surface area contributed by atoms with Crippen LogP contribution in [0.5, 0.6) is 0 Å².